The zero-order chi connectivity index (χ0) is 9.71. The van der Waals surface area contributed by atoms with E-state index in [1.54, 1.807) is 11.3 Å². The van der Waals surface area contributed by atoms with Crippen molar-refractivity contribution in [3.63, 3.8) is 0 Å². The van der Waals surface area contributed by atoms with Gasteiger partial charge in [-0.1, -0.05) is 0 Å². The SMILES string of the molecule is Cc1ccc2c(n1)sc1c(C)[nH]nc12. The summed E-state index contributed by atoms with van der Waals surface area (Å²) < 4.78 is 1.22. The van der Waals surface area contributed by atoms with Gasteiger partial charge in [0, 0.05) is 11.1 Å². The van der Waals surface area contributed by atoms with E-state index in [0.717, 1.165) is 27.1 Å². The molecule has 3 nitrogen and oxygen atoms in total. The van der Waals surface area contributed by atoms with Crippen LogP contribution in [0.1, 0.15) is 11.4 Å². The number of aromatic nitrogens is 3. The second-order valence-electron chi connectivity index (χ2n) is 3.43. The van der Waals surface area contributed by atoms with Gasteiger partial charge >= 0.3 is 0 Å². The van der Waals surface area contributed by atoms with Crippen LogP contribution in [0.15, 0.2) is 12.1 Å². The lowest BCUT2D eigenvalue weighted by atomic mass is 10.3. The number of hydrogen-bond acceptors (Lipinski definition) is 3. The molecule has 3 heterocycles. The van der Waals surface area contributed by atoms with Crippen molar-refractivity contribution in [2.24, 2.45) is 0 Å². The van der Waals surface area contributed by atoms with Gasteiger partial charge in [0.15, 0.2) is 0 Å². The number of thiophene rings is 1. The lowest BCUT2D eigenvalue weighted by Crippen LogP contribution is -1.78. The van der Waals surface area contributed by atoms with Crippen LogP contribution in [0.4, 0.5) is 0 Å². The number of rotatable bonds is 0. The fourth-order valence-corrected chi connectivity index (χ4v) is 2.72. The van der Waals surface area contributed by atoms with E-state index in [-0.39, 0.29) is 0 Å². The van der Waals surface area contributed by atoms with E-state index < -0.39 is 0 Å². The first-order valence-corrected chi connectivity index (χ1v) is 5.28. The van der Waals surface area contributed by atoms with E-state index in [1.165, 1.54) is 4.70 Å². The quantitative estimate of drug-likeness (QED) is 0.610. The maximum absolute atomic E-state index is 4.49. The molecule has 0 amide bonds. The standard InChI is InChI=1S/C10H9N3S/c1-5-3-4-7-8-9(6(2)12-13-8)14-10(7)11-5/h3-4H,1-2H3,(H,12,13). The Morgan fingerprint density at radius 2 is 2.14 bits per heavy atom. The van der Waals surface area contributed by atoms with E-state index in [0.29, 0.717) is 0 Å². The van der Waals surface area contributed by atoms with Crippen molar-refractivity contribution in [2.75, 3.05) is 0 Å². The van der Waals surface area contributed by atoms with Crippen molar-refractivity contribution < 1.29 is 0 Å². The average Bonchev–Trinajstić information content (AvgIpc) is 2.66. The number of pyridine rings is 1. The summed E-state index contributed by atoms with van der Waals surface area (Å²) in [4.78, 5) is 5.57. The molecule has 14 heavy (non-hydrogen) atoms. The van der Waals surface area contributed by atoms with Gasteiger partial charge in [-0.05, 0) is 26.0 Å². The predicted octanol–water partition coefficient (Wildman–Crippen LogP) is 2.79. The van der Waals surface area contributed by atoms with Gasteiger partial charge in [-0.25, -0.2) is 4.98 Å². The second-order valence-corrected chi connectivity index (χ2v) is 4.43. The van der Waals surface area contributed by atoms with E-state index in [2.05, 4.69) is 21.2 Å². The summed E-state index contributed by atoms with van der Waals surface area (Å²) in [6.07, 6.45) is 0. The summed E-state index contributed by atoms with van der Waals surface area (Å²) in [7, 11) is 0. The third-order valence-electron chi connectivity index (χ3n) is 2.34. The number of nitrogens with one attached hydrogen (secondary N) is 1. The van der Waals surface area contributed by atoms with Gasteiger partial charge in [0.1, 0.15) is 10.3 Å². The molecule has 0 unspecified atom stereocenters. The Hall–Kier alpha value is -1.42. The summed E-state index contributed by atoms with van der Waals surface area (Å²) >= 11 is 1.70. The first-order chi connectivity index (χ1) is 6.75. The maximum Gasteiger partial charge on any atom is 0.126 e. The average molecular weight is 203 g/mol. The summed E-state index contributed by atoms with van der Waals surface area (Å²) in [5.41, 5.74) is 3.23. The maximum atomic E-state index is 4.49. The predicted molar refractivity (Wildman–Crippen MR) is 58.7 cm³/mol. The number of H-pyrrole nitrogens is 1. The van der Waals surface area contributed by atoms with Crippen molar-refractivity contribution in [3.8, 4) is 0 Å². The van der Waals surface area contributed by atoms with Crippen LogP contribution in [0.2, 0.25) is 0 Å². The number of nitrogens with zero attached hydrogens (tertiary/aromatic N) is 2. The van der Waals surface area contributed by atoms with Crippen molar-refractivity contribution in [1.82, 2.24) is 15.2 Å². The molecule has 0 aliphatic rings. The monoisotopic (exact) mass is 203 g/mol. The van der Waals surface area contributed by atoms with Gasteiger partial charge in [0.05, 0.1) is 10.4 Å². The molecule has 1 N–H and O–H groups in total. The smallest absolute Gasteiger partial charge is 0.126 e. The molecule has 3 rings (SSSR count). The summed E-state index contributed by atoms with van der Waals surface area (Å²) in [5.74, 6) is 0. The van der Waals surface area contributed by atoms with Crippen LogP contribution in [-0.4, -0.2) is 15.2 Å². The third kappa shape index (κ3) is 0.915. The van der Waals surface area contributed by atoms with Crippen molar-refractivity contribution in [2.45, 2.75) is 13.8 Å². The second kappa shape index (κ2) is 2.54. The molecule has 3 aromatic rings. The molecule has 0 radical (unpaired) electrons. The molecule has 0 aliphatic heterocycles. The van der Waals surface area contributed by atoms with Crippen LogP contribution in [0.3, 0.4) is 0 Å². The van der Waals surface area contributed by atoms with Crippen LogP contribution in [-0.2, 0) is 0 Å². The Labute approximate surface area is 84.8 Å². The van der Waals surface area contributed by atoms with Crippen LogP contribution in [0.25, 0.3) is 20.4 Å². The Morgan fingerprint density at radius 3 is 3.00 bits per heavy atom. The minimum atomic E-state index is 1.05. The lowest BCUT2D eigenvalue weighted by molar-refractivity contribution is 1.07. The lowest BCUT2D eigenvalue weighted by Gasteiger charge is -1.90. The zero-order valence-electron chi connectivity index (χ0n) is 7.96. The van der Waals surface area contributed by atoms with Gasteiger partial charge in [-0.15, -0.1) is 11.3 Å². The molecular weight excluding hydrogens is 194 g/mol. The normalized spacial score (nSPS) is 11.6. The first-order valence-electron chi connectivity index (χ1n) is 4.46. The summed E-state index contributed by atoms with van der Waals surface area (Å²) in [6, 6.07) is 4.12. The summed E-state index contributed by atoms with van der Waals surface area (Å²) in [5, 5.41) is 8.43. The van der Waals surface area contributed by atoms with Crippen LogP contribution in [0.5, 0.6) is 0 Å². The van der Waals surface area contributed by atoms with E-state index in [4.69, 9.17) is 0 Å². The molecule has 0 spiro atoms. The fourth-order valence-electron chi connectivity index (χ4n) is 1.61. The van der Waals surface area contributed by atoms with Gasteiger partial charge in [0.2, 0.25) is 0 Å². The van der Waals surface area contributed by atoms with E-state index in [9.17, 15) is 0 Å². The topological polar surface area (TPSA) is 41.6 Å². The molecule has 0 fully saturated rings. The highest BCUT2D eigenvalue weighted by molar-refractivity contribution is 7.25. The molecule has 0 bridgehead atoms. The molecule has 0 aromatic carbocycles. The Kier molecular flexibility index (Phi) is 1.44. The highest BCUT2D eigenvalue weighted by Crippen LogP contribution is 2.32. The third-order valence-corrected chi connectivity index (χ3v) is 3.55. The molecule has 0 aliphatic carbocycles. The fraction of sp³-hybridized carbons (Fsp3) is 0.200. The molecule has 70 valence electrons. The largest absolute Gasteiger partial charge is 0.281 e. The van der Waals surface area contributed by atoms with E-state index >= 15 is 0 Å². The number of hydrogen-bond donors (Lipinski definition) is 1. The highest BCUT2D eigenvalue weighted by Gasteiger charge is 2.10. The molecular formula is C10H9N3S. The van der Waals surface area contributed by atoms with Crippen LogP contribution in [0, 0.1) is 13.8 Å². The van der Waals surface area contributed by atoms with E-state index in [1.807, 2.05) is 19.9 Å². The molecule has 3 aromatic heterocycles. The van der Waals surface area contributed by atoms with Crippen molar-refractivity contribution in [3.05, 3.63) is 23.5 Å². The Balaban J connectivity index is 2.56. The van der Waals surface area contributed by atoms with Crippen molar-refractivity contribution >= 4 is 31.8 Å². The molecule has 0 saturated carbocycles. The minimum absolute atomic E-state index is 1.05. The first kappa shape index (κ1) is 7.94. The molecule has 0 atom stereocenters. The minimum Gasteiger partial charge on any atom is -0.281 e. The Bertz CT molecular complexity index is 621. The number of fused-ring (bicyclic) bond motifs is 3. The number of aryl methyl sites for hydroxylation is 2. The van der Waals surface area contributed by atoms with Gasteiger partial charge < -0.3 is 0 Å². The van der Waals surface area contributed by atoms with Crippen molar-refractivity contribution in [1.29, 1.82) is 0 Å². The molecule has 4 heteroatoms. The zero-order valence-corrected chi connectivity index (χ0v) is 8.77. The summed E-state index contributed by atoms with van der Waals surface area (Å²) in [6.45, 7) is 4.05. The van der Waals surface area contributed by atoms with Crippen LogP contribution >= 0.6 is 11.3 Å². The number of aromatic amines is 1. The van der Waals surface area contributed by atoms with Crippen LogP contribution < -0.4 is 0 Å². The van der Waals surface area contributed by atoms with Gasteiger partial charge in [-0.2, -0.15) is 5.10 Å². The van der Waals surface area contributed by atoms with Gasteiger partial charge in [0.25, 0.3) is 0 Å². The molecule has 0 saturated heterocycles. The Morgan fingerprint density at radius 1 is 1.29 bits per heavy atom. The highest BCUT2D eigenvalue weighted by atomic mass is 32.1. The van der Waals surface area contributed by atoms with Gasteiger partial charge in [-0.3, -0.25) is 5.10 Å².